The van der Waals surface area contributed by atoms with Gasteiger partial charge in [0, 0.05) is 31.6 Å². The Morgan fingerprint density at radius 2 is 1.93 bits per heavy atom. The average Bonchev–Trinajstić information content (AvgIpc) is 3.00. The highest BCUT2D eigenvalue weighted by Crippen LogP contribution is 2.66. The van der Waals surface area contributed by atoms with E-state index in [9.17, 15) is 9.90 Å². The van der Waals surface area contributed by atoms with Crippen LogP contribution in [0.5, 0.6) is 0 Å². The lowest BCUT2D eigenvalue weighted by molar-refractivity contribution is -0.153. The second-order valence-corrected chi connectivity index (χ2v) is 11.2. The number of ketones is 1. The summed E-state index contributed by atoms with van der Waals surface area (Å²) in [6.07, 6.45) is 10.8. The molecule has 4 fully saturated rings. The van der Waals surface area contributed by atoms with Gasteiger partial charge in [-0.15, -0.1) is 0 Å². The molecular formula is C25H43NO3. The Morgan fingerprint density at radius 1 is 1.10 bits per heavy atom. The lowest BCUT2D eigenvalue weighted by Gasteiger charge is -2.61. The molecule has 166 valence electrons. The zero-order chi connectivity index (χ0) is 20.7. The molecule has 2 N–H and O–H groups in total. The Hall–Kier alpha value is -0.450. The van der Waals surface area contributed by atoms with Crippen molar-refractivity contribution in [1.82, 2.24) is 5.32 Å². The van der Waals surface area contributed by atoms with Crippen LogP contribution in [0.3, 0.4) is 0 Å². The summed E-state index contributed by atoms with van der Waals surface area (Å²) in [5, 5.41) is 14.8. The van der Waals surface area contributed by atoms with Crippen molar-refractivity contribution >= 4 is 5.78 Å². The van der Waals surface area contributed by atoms with Gasteiger partial charge >= 0.3 is 0 Å². The first-order valence-electron chi connectivity index (χ1n) is 12.4. The van der Waals surface area contributed by atoms with Crippen LogP contribution in [-0.4, -0.2) is 42.8 Å². The Kier molecular flexibility index (Phi) is 6.18. The summed E-state index contributed by atoms with van der Waals surface area (Å²) in [7, 11) is 0. The Morgan fingerprint density at radius 3 is 2.72 bits per heavy atom. The van der Waals surface area contributed by atoms with E-state index in [1.807, 2.05) is 6.92 Å². The van der Waals surface area contributed by atoms with E-state index in [1.54, 1.807) is 0 Å². The van der Waals surface area contributed by atoms with E-state index in [0.717, 1.165) is 83.1 Å². The van der Waals surface area contributed by atoms with E-state index in [4.69, 9.17) is 4.74 Å². The van der Waals surface area contributed by atoms with Crippen LogP contribution in [0.4, 0.5) is 0 Å². The lowest BCUT2D eigenvalue weighted by atomic mass is 9.44. The van der Waals surface area contributed by atoms with Crippen LogP contribution in [0.15, 0.2) is 0 Å². The summed E-state index contributed by atoms with van der Waals surface area (Å²) in [5.74, 6) is 3.30. The molecule has 0 aromatic carbocycles. The fraction of sp³-hybridized carbons (Fsp3) is 0.960. The van der Waals surface area contributed by atoms with Crippen molar-refractivity contribution < 1.29 is 14.6 Å². The fourth-order valence-electron chi connectivity index (χ4n) is 8.02. The van der Waals surface area contributed by atoms with Gasteiger partial charge in [0.25, 0.3) is 0 Å². The molecule has 4 heteroatoms. The zero-order valence-corrected chi connectivity index (χ0v) is 19.0. The Bertz CT molecular complexity index is 609. The number of carbonyl (C=O) groups is 1. The van der Waals surface area contributed by atoms with Crippen LogP contribution in [0.2, 0.25) is 0 Å². The number of hydrogen-bond acceptors (Lipinski definition) is 4. The monoisotopic (exact) mass is 405 g/mol. The van der Waals surface area contributed by atoms with Gasteiger partial charge in [-0.25, -0.2) is 0 Å². The van der Waals surface area contributed by atoms with Crippen LogP contribution in [0, 0.1) is 34.5 Å². The van der Waals surface area contributed by atoms with Gasteiger partial charge in [0.1, 0.15) is 5.78 Å². The molecule has 7 atom stereocenters. The number of ether oxygens (including phenoxy) is 1. The number of nitrogens with one attached hydrogen (secondary N) is 1. The van der Waals surface area contributed by atoms with Crippen LogP contribution in [-0.2, 0) is 9.53 Å². The topological polar surface area (TPSA) is 58.6 Å². The standard InChI is InChI=1S/C25H43NO3/c1-4-29-15-5-14-26-17-25(28)13-12-23(2)18(16-25)6-7-19-20-8-9-22(27)24(20,3)11-10-21(19)23/h18-21,26,28H,4-17H2,1-3H3/t18-,19-,20-,21-,23-,24-,25+/m0/s1. The molecule has 4 rings (SSSR count). The van der Waals surface area contributed by atoms with Crippen molar-refractivity contribution in [3.63, 3.8) is 0 Å². The number of fused-ring (bicyclic) bond motifs is 5. The molecule has 0 aromatic heterocycles. The van der Waals surface area contributed by atoms with Crippen molar-refractivity contribution in [2.24, 2.45) is 34.5 Å². The van der Waals surface area contributed by atoms with Crippen molar-refractivity contribution in [3.8, 4) is 0 Å². The predicted molar refractivity (Wildman–Crippen MR) is 116 cm³/mol. The minimum atomic E-state index is -0.546. The molecule has 0 spiro atoms. The molecule has 0 amide bonds. The molecule has 29 heavy (non-hydrogen) atoms. The summed E-state index contributed by atoms with van der Waals surface area (Å²) >= 11 is 0. The molecule has 4 nitrogen and oxygen atoms in total. The fourth-order valence-corrected chi connectivity index (χ4v) is 8.02. The minimum Gasteiger partial charge on any atom is -0.389 e. The molecule has 0 unspecified atom stereocenters. The highest BCUT2D eigenvalue weighted by Gasteiger charge is 2.61. The van der Waals surface area contributed by atoms with Gasteiger partial charge in [0.05, 0.1) is 5.60 Å². The second-order valence-electron chi connectivity index (χ2n) is 11.2. The number of Topliss-reactive ketones (excluding diaryl/α,β-unsaturated/α-hetero) is 1. The van der Waals surface area contributed by atoms with Gasteiger partial charge in [-0.1, -0.05) is 13.8 Å². The number of aliphatic hydroxyl groups is 1. The summed E-state index contributed by atoms with van der Waals surface area (Å²) < 4.78 is 5.40. The molecule has 4 aliphatic carbocycles. The molecule has 0 heterocycles. The van der Waals surface area contributed by atoms with E-state index >= 15 is 0 Å². The van der Waals surface area contributed by atoms with Crippen LogP contribution in [0.1, 0.15) is 85.0 Å². The minimum absolute atomic E-state index is 0.0226. The maximum Gasteiger partial charge on any atom is 0.139 e. The van der Waals surface area contributed by atoms with Crippen molar-refractivity contribution in [2.75, 3.05) is 26.3 Å². The first kappa shape index (κ1) is 21.8. The molecule has 0 aromatic rings. The molecule has 0 saturated heterocycles. The second kappa shape index (κ2) is 8.24. The number of rotatable bonds is 7. The number of hydrogen-bond donors (Lipinski definition) is 2. The smallest absolute Gasteiger partial charge is 0.139 e. The normalized spacial score (nSPS) is 46.8. The highest BCUT2D eigenvalue weighted by atomic mass is 16.5. The Labute approximate surface area is 177 Å². The highest BCUT2D eigenvalue weighted by molar-refractivity contribution is 5.87. The summed E-state index contributed by atoms with van der Waals surface area (Å²) in [5.41, 5.74) is -0.211. The third-order valence-electron chi connectivity index (χ3n) is 9.83. The first-order valence-corrected chi connectivity index (χ1v) is 12.4. The van der Waals surface area contributed by atoms with E-state index in [1.165, 1.54) is 19.3 Å². The van der Waals surface area contributed by atoms with E-state index in [-0.39, 0.29) is 5.41 Å². The maximum atomic E-state index is 12.6. The summed E-state index contributed by atoms with van der Waals surface area (Å²) in [6, 6.07) is 0. The third-order valence-corrected chi connectivity index (χ3v) is 9.83. The lowest BCUT2D eigenvalue weighted by Crippen LogP contribution is -2.57. The van der Waals surface area contributed by atoms with E-state index in [2.05, 4.69) is 19.2 Å². The first-order chi connectivity index (χ1) is 13.8. The van der Waals surface area contributed by atoms with Crippen LogP contribution >= 0.6 is 0 Å². The van der Waals surface area contributed by atoms with Crippen molar-refractivity contribution in [2.45, 2.75) is 90.6 Å². The zero-order valence-electron chi connectivity index (χ0n) is 19.0. The molecule has 0 bridgehead atoms. The quantitative estimate of drug-likeness (QED) is 0.619. The van der Waals surface area contributed by atoms with Crippen molar-refractivity contribution in [3.05, 3.63) is 0 Å². The molecule has 0 aliphatic heterocycles. The molecule has 4 saturated carbocycles. The van der Waals surface area contributed by atoms with Gasteiger partial charge in [-0.2, -0.15) is 0 Å². The summed E-state index contributed by atoms with van der Waals surface area (Å²) in [6.45, 7) is 10.0. The molecule has 0 radical (unpaired) electrons. The van der Waals surface area contributed by atoms with Gasteiger partial charge in [0.15, 0.2) is 0 Å². The van der Waals surface area contributed by atoms with Gasteiger partial charge < -0.3 is 15.2 Å². The SMILES string of the molecule is CCOCCCNC[C@@]1(O)CC[C@@]2(C)[C@@H](CC[C@@H]3[C@@H]2CC[C@]2(C)C(=O)CC[C@@H]32)C1. The Balaban J connectivity index is 1.37. The average molecular weight is 406 g/mol. The number of carbonyl (C=O) groups excluding carboxylic acids is 1. The van der Waals surface area contributed by atoms with E-state index in [0.29, 0.717) is 23.0 Å². The molecule has 4 aliphatic rings. The third kappa shape index (κ3) is 3.83. The van der Waals surface area contributed by atoms with Gasteiger partial charge in [-0.05, 0) is 100 Å². The van der Waals surface area contributed by atoms with Crippen LogP contribution in [0.25, 0.3) is 0 Å². The molecular weight excluding hydrogens is 362 g/mol. The van der Waals surface area contributed by atoms with Gasteiger partial charge in [0.2, 0.25) is 0 Å². The van der Waals surface area contributed by atoms with Gasteiger partial charge in [-0.3, -0.25) is 4.79 Å². The largest absolute Gasteiger partial charge is 0.389 e. The maximum absolute atomic E-state index is 12.6. The van der Waals surface area contributed by atoms with Crippen LogP contribution < -0.4 is 5.32 Å². The van der Waals surface area contributed by atoms with E-state index < -0.39 is 5.60 Å². The van der Waals surface area contributed by atoms with Crippen molar-refractivity contribution in [1.29, 1.82) is 0 Å². The predicted octanol–water partition coefficient (Wildman–Crippen LogP) is 4.35. The summed E-state index contributed by atoms with van der Waals surface area (Å²) in [4.78, 5) is 12.6.